The van der Waals surface area contributed by atoms with E-state index >= 15 is 0 Å². The molecule has 1 rings (SSSR count). The zero-order chi connectivity index (χ0) is 10.0. The Balaban J connectivity index is 2.56. The van der Waals surface area contributed by atoms with Crippen molar-refractivity contribution in [2.75, 3.05) is 12.0 Å². The first kappa shape index (κ1) is 10.3. The molecule has 1 heterocycles. The third kappa shape index (κ3) is 2.60. The number of hydrogen-bond donors (Lipinski definition) is 0. The van der Waals surface area contributed by atoms with Crippen LogP contribution in [0.15, 0.2) is 0 Å². The second kappa shape index (κ2) is 3.97. The zero-order valence-corrected chi connectivity index (χ0v) is 8.13. The average Bonchev–Trinajstić information content (AvgIpc) is 1.99. The molecule has 1 unspecified atom stereocenters. The molecule has 0 aromatic carbocycles. The molecular weight excluding hydrogens is 196 g/mol. The number of rotatable bonds is 2. The van der Waals surface area contributed by atoms with Gasteiger partial charge in [0.25, 0.3) is 0 Å². The topological polar surface area (TPSA) is 75.7 Å². The summed E-state index contributed by atoms with van der Waals surface area (Å²) in [6.07, 6.45) is -0.428. The lowest BCUT2D eigenvalue weighted by molar-refractivity contribution is -0.191. The van der Waals surface area contributed by atoms with E-state index in [1.165, 1.54) is 13.2 Å². The number of carbonyl (C=O) groups excluding carboxylic acids is 2. The molecule has 0 bridgehead atoms. The molecular formula is C7H10O5S. The monoisotopic (exact) mass is 206 g/mol. The van der Waals surface area contributed by atoms with Gasteiger partial charge in [-0.1, -0.05) is 11.2 Å². The average molecular weight is 206 g/mol. The lowest BCUT2D eigenvalue weighted by Gasteiger charge is -2.24. The van der Waals surface area contributed by atoms with Crippen LogP contribution in [0.5, 0.6) is 0 Å². The van der Waals surface area contributed by atoms with Crippen LogP contribution >= 0.6 is 0 Å². The van der Waals surface area contributed by atoms with Gasteiger partial charge in [-0.15, -0.1) is 0 Å². The molecule has 6 heteroatoms. The number of hydrogen-bond acceptors (Lipinski definition) is 5. The summed E-state index contributed by atoms with van der Waals surface area (Å²) >= 11 is -1.19. The van der Waals surface area contributed by atoms with Gasteiger partial charge < -0.3 is 14.0 Å². The zero-order valence-electron chi connectivity index (χ0n) is 7.31. The van der Waals surface area contributed by atoms with E-state index in [0.717, 1.165) is 0 Å². The molecule has 1 aliphatic rings. The van der Waals surface area contributed by atoms with Crippen molar-refractivity contribution in [2.24, 2.45) is 0 Å². The summed E-state index contributed by atoms with van der Waals surface area (Å²) in [5.41, 5.74) is 0. The van der Waals surface area contributed by atoms with Crippen LogP contribution in [0.3, 0.4) is 0 Å². The maximum Gasteiger partial charge on any atom is 0.353 e. The van der Waals surface area contributed by atoms with E-state index < -0.39 is 35.3 Å². The Morgan fingerprint density at radius 1 is 1.38 bits per heavy atom. The highest BCUT2D eigenvalue weighted by molar-refractivity contribution is 7.90. The van der Waals surface area contributed by atoms with E-state index in [0.29, 0.717) is 0 Å². The summed E-state index contributed by atoms with van der Waals surface area (Å²) in [6, 6.07) is 0. The Bertz CT molecular complexity index is 227. The van der Waals surface area contributed by atoms with Crippen molar-refractivity contribution >= 4 is 23.1 Å². The fraction of sp³-hybridized carbons (Fsp3) is 0.714. The molecule has 0 spiro atoms. The Morgan fingerprint density at radius 2 is 2.00 bits per heavy atom. The van der Waals surface area contributed by atoms with E-state index in [2.05, 4.69) is 4.74 Å². The van der Waals surface area contributed by atoms with Gasteiger partial charge in [0.15, 0.2) is 11.9 Å². The first-order valence-electron chi connectivity index (χ1n) is 3.71. The van der Waals surface area contributed by atoms with Crippen molar-refractivity contribution < 1.29 is 23.6 Å². The molecule has 5 nitrogen and oxygen atoms in total. The van der Waals surface area contributed by atoms with Crippen molar-refractivity contribution in [3.8, 4) is 0 Å². The number of ether oxygens (including phenoxy) is 2. The molecule has 1 fully saturated rings. The minimum atomic E-state index is -1.19. The Labute approximate surface area is 78.6 Å². The fourth-order valence-electron chi connectivity index (χ4n) is 0.898. The number of esters is 2. The fourth-order valence-corrected chi connectivity index (χ4v) is 1.53. The van der Waals surface area contributed by atoms with Gasteiger partial charge >= 0.3 is 11.9 Å². The Hall–Kier alpha value is -0.750. The molecule has 0 aromatic heterocycles. The highest BCUT2D eigenvalue weighted by atomic mass is 32.2. The smallest absolute Gasteiger partial charge is 0.353 e. The van der Waals surface area contributed by atoms with Crippen LogP contribution in [0.2, 0.25) is 0 Å². The van der Waals surface area contributed by atoms with Gasteiger partial charge in [-0.25, -0.2) is 9.59 Å². The van der Waals surface area contributed by atoms with Gasteiger partial charge in [0, 0.05) is 0 Å². The standard InChI is InChI=1S/C7H10O5S/c1-4-6(8)12-5(3-13(2)10)7(9)11-4/h4-5H,3H2,1-2H3/t4-,5-,13?/m0/s1. The van der Waals surface area contributed by atoms with Crippen molar-refractivity contribution in [1.29, 1.82) is 0 Å². The Kier molecular flexibility index (Phi) is 3.16. The van der Waals surface area contributed by atoms with Gasteiger partial charge in [-0.2, -0.15) is 0 Å². The molecule has 1 saturated heterocycles. The first-order chi connectivity index (χ1) is 6.00. The molecule has 1 aliphatic heterocycles. The predicted molar refractivity (Wildman–Crippen MR) is 44.4 cm³/mol. The van der Waals surface area contributed by atoms with Crippen molar-refractivity contribution in [1.82, 2.24) is 0 Å². The van der Waals surface area contributed by atoms with Crippen LogP contribution < -0.4 is 0 Å². The number of cyclic esters (lactones) is 2. The second-order valence-electron chi connectivity index (χ2n) is 2.74. The molecule has 0 aromatic rings. The van der Waals surface area contributed by atoms with Crippen molar-refractivity contribution in [2.45, 2.75) is 19.1 Å². The maximum atomic E-state index is 11.1. The van der Waals surface area contributed by atoms with Crippen LogP contribution in [0.1, 0.15) is 6.92 Å². The SMILES string of the molecule is C[C@@H]1OC(=O)[C@H](C[S+](C)[O-])OC1=O. The normalized spacial score (nSPS) is 30.7. The van der Waals surface area contributed by atoms with Gasteiger partial charge in [-0.05, 0) is 6.92 Å². The predicted octanol–water partition coefficient (Wildman–Crippen LogP) is -0.778. The summed E-state index contributed by atoms with van der Waals surface area (Å²) in [5.74, 6) is -1.21. The maximum absolute atomic E-state index is 11.1. The van der Waals surface area contributed by atoms with Gasteiger partial charge in [-0.3, -0.25) is 0 Å². The van der Waals surface area contributed by atoms with Gasteiger partial charge in [0.2, 0.25) is 6.10 Å². The molecule has 0 amide bonds. The van der Waals surface area contributed by atoms with Crippen molar-refractivity contribution in [3.63, 3.8) is 0 Å². The molecule has 74 valence electrons. The van der Waals surface area contributed by atoms with E-state index in [1.807, 2.05) is 0 Å². The quantitative estimate of drug-likeness (QED) is 0.437. The minimum Gasteiger partial charge on any atom is -0.616 e. The third-order valence-electron chi connectivity index (χ3n) is 1.53. The molecule has 13 heavy (non-hydrogen) atoms. The van der Waals surface area contributed by atoms with E-state index in [4.69, 9.17) is 4.74 Å². The summed E-state index contributed by atoms with van der Waals surface area (Å²) in [5, 5.41) is 0. The van der Waals surface area contributed by atoms with Gasteiger partial charge in [0.1, 0.15) is 0 Å². The molecule has 0 N–H and O–H groups in total. The van der Waals surface area contributed by atoms with Crippen LogP contribution in [0.25, 0.3) is 0 Å². The van der Waals surface area contributed by atoms with E-state index in [1.54, 1.807) is 0 Å². The largest absolute Gasteiger partial charge is 0.616 e. The number of carbonyl (C=O) groups is 2. The highest BCUT2D eigenvalue weighted by Crippen LogP contribution is 2.11. The first-order valence-corrected chi connectivity index (χ1v) is 5.44. The molecule has 0 aliphatic carbocycles. The molecule has 0 saturated carbocycles. The van der Waals surface area contributed by atoms with Crippen LogP contribution in [0.4, 0.5) is 0 Å². The van der Waals surface area contributed by atoms with Crippen molar-refractivity contribution in [3.05, 3.63) is 0 Å². The second-order valence-corrected chi connectivity index (χ2v) is 4.22. The molecule has 3 atom stereocenters. The minimum absolute atomic E-state index is 0.00269. The lowest BCUT2D eigenvalue weighted by atomic mass is 10.3. The van der Waals surface area contributed by atoms with Crippen LogP contribution in [-0.2, 0) is 30.2 Å². The summed E-state index contributed by atoms with van der Waals surface area (Å²) in [6.45, 7) is 1.43. The third-order valence-corrected chi connectivity index (χ3v) is 2.30. The summed E-state index contributed by atoms with van der Waals surface area (Å²) < 4.78 is 20.1. The Morgan fingerprint density at radius 3 is 2.54 bits per heavy atom. The molecule has 0 radical (unpaired) electrons. The van der Waals surface area contributed by atoms with E-state index in [-0.39, 0.29) is 5.75 Å². The van der Waals surface area contributed by atoms with Crippen LogP contribution in [-0.4, -0.2) is 40.7 Å². The lowest BCUT2D eigenvalue weighted by Crippen LogP contribution is -2.45. The highest BCUT2D eigenvalue weighted by Gasteiger charge is 2.37. The summed E-state index contributed by atoms with van der Waals surface area (Å²) in [4.78, 5) is 22.0. The summed E-state index contributed by atoms with van der Waals surface area (Å²) in [7, 11) is 0. The van der Waals surface area contributed by atoms with Crippen LogP contribution in [0, 0.1) is 0 Å². The van der Waals surface area contributed by atoms with Gasteiger partial charge in [0.05, 0.1) is 6.26 Å². The van der Waals surface area contributed by atoms with E-state index in [9.17, 15) is 14.1 Å².